The lowest BCUT2D eigenvalue weighted by Gasteiger charge is -2.74. The van der Waals surface area contributed by atoms with Gasteiger partial charge in [0, 0.05) is 42.5 Å². The van der Waals surface area contributed by atoms with Gasteiger partial charge in [-0.3, -0.25) is 4.90 Å². The van der Waals surface area contributed by atoms with Gasteiger partial charge in [0.2, 0.25) is 5.95 Å². The Kier molecular flexibility index (Phi) is 4.38. The second-order valence-corrected chi connectivity index (χ2v) is 9.97. The minimum Gasteiger partial charge on any atom is -0.391 e. The van der Waals surface area contributed by atoms with Crippen LogP contribution in [0, 0.1) is 11.3 Å². The molecule has 0 amide bonds. The van der Waals surface area contributed by atoms with E-state index in [1.807, 2.05) is 22.8 Å². The van der Waals surface area contributed by atoms with Gasteiger partial charge in [0.25, 0.3) is 0 Å². The van der Waals surface area contributed by atoms with Crippen LogP contribution in [0.5, 0.6) is 0 Å². The van der Waals surface area contributed by atoms with Crippen LogP contribution in [0.1, 0.15) is 43.4 Å². The van der Waals surface area contributed by atoms with Crippen molar-refractivity contribution in [1.29, 1.82) is 5.26 Å². The lowest BCUT2D eigenvalue weighted by Crippen LogP contribution is -2.81. The highest BCUT2D eigenvalue weighted by Gasteiger charge is 2.64. The van der Waals surface area contributed by atoms with E-state index in [1.165, 1.54) is 24.2 Å². The van der Waals surface area contributed by atoms with Gasteiger partial charge in [-0.15, -0.1) is 5.10 Å². The Morgan fingerprint density at radius 2 is 2.16 bits per heavy atom. The first-order valence-corrected chi connectivity index (χ1v) is 11.6. The highest BCUT2D eigenvalue weighted by atomic mass is 32.1. The maximum Gasteiger partial charge on any atom is 0.243 e. The molecule has 6 heterocycles. The van der Waals surface area contributed by atoms with Crippen LogP contribution in [-0.2, 0) is 6.61 Å². The summed E-state index contributed by atoms with van der Waals surface area (Å²) >= 11 is 1.41. The van der Waals surface area contributed by atoms with Crippen LogP contribution in [0.15, 0.2) is 24.5 Å². The lowest BCUT2D eigenvalue weighted by atomic mass is 9.57. The molecule has 0 bridgehead atoms. The summed E-state index contributed by atoms with van der Waals surface area (Å²) in [5.41, 5.74) is 1.20. The van der Waals surface area contributed by atoms with Crippen LogP contribution in [0.4, 0.5) is 16.9 Å². The smallest absolute Gasteiger partial charge is 0.243 e. The van der Waals surface area contributed by atoms with Crippen LogP contribution in [-0.4, -0.2) is 53.3 Å². The molecule has 3 aromatic heterocycles. The second-order valence-electron chi connectivity index (χ2n) is 8.86. The molecule has 160 valence electrons. The summed E-state index contributed by atoms with van der Waals surface area (Å²) in [4.78, 5) is 12.6. The van der Waals surface area contributed by atoms with Crippen molar-refractivity contribution in [3.05, 3.63) is 29.4 Å². The van der Waals surface area contributed by atoms with Gasteiger partial charge in [0.1, 0.15) is 5.52 Å². The van der Waals surface area contributed by atoms with Crippen LogP contribution < -0.4 is 10.6 Å². The summed E-state index contributed by atoms with van der Waals surface area (Å²) in [5.74, 6) is 1.31. The zero-order valence-corrected chi connectivity index (χ0v) is 17.8. The molecule has 0 aliphatic carbocycles. The Labute approximate surface area is 183 Å². The largest absolute Gasteiger partial charge is 0.391 e. The average Bonchev–Trinajstić information content (AvgIpc) is 3.38. The molecular weight excluding hydrogens is 412 g/mol. The first kappa shape index (κ1) is 19.0. The molecule has 3 N–H and O–H groups in total. The van der Waals surface area contributed by atoms with Crippen molar-refractivity contribution < 1.29 is 5.11 Å². The molecule has 0 radical (unpaired) electrons. The fourth-order valence-corrected chi connectivity index (χ4v) is 6.58. The number of piperidine rings is 2. The van der Waals surface area contributed by atoms with Crippen LogP contribution in [0.3, 0.4) is 0 Å². The van der Waals surface area contributed by atoms with E-state index in [9.17, 15) is 5.11 Å². The summed E-state index contributed by atoms with van der Waals surface area (Å²) in [7, 11) is 0. The zero-order valence-electron chi connectivity index (χ0n) is 17.0. The van der Waals surface area contributed by atoms with Crippen molar-refractivity contribution in [3.8, 4) is 6.07 Å². The van der Waals surface area contributed by atoms with Gasteiger partial charge in [-0.25, -0.2) is 9.50 Å². The van der Waals surface area contributed by atoms with Crippen molar-refractivity contribution in [2.24, 2.45) is 0 Å². The molecule has 31 heavy (non-hydrogen) atoms. The molecule has 9 nitrogen and oxygen atoms in total. The van der Waals surface area contributed by atoms with Crippen LogP contribution in [0.2, 0.25) is 0 Å². The van der Waals surface area contributed by atoms with Crippen molar-refractivity contribution in [2.45, 2.75) is 68.8 Å². The number of hydrogen-bond donors (Lipinski definition) is 3. The van der Waals surface area contributed by atoms with Crippen molar-refractivity contribution in [1.82, 2.24) is 24.5 Å². The lowest BCUT2D eigenvalue weighted by molar-refractivity contribution is -0.222. The van der Waals surface area contributed by atoms with Gasteiger partial charge in [0.05, 0.1) is 17.6 Å². The normalized spacial score (nSPS) is 29.0. The minimum absolute atomic E-state index is 0.0186. The van der Waals surface area contributed by atoms with E-state index in [2.05, 4.69) is 31.7 Å². The maximum atomic E-state index is 9.30. The van der Waals surface area contributed by atoms with E-state index < -0.39 is 0 Å². The van der Waals surface area contributed by atoms with Crippen LogP contribution in [0.25, 0.3) is 5.52 Å². The van der Waals surface area contributed by atoms with Gasteiger partial charge < -0.3 is 15.7 Å². The molecule has 3 aliphatic heterocycles. The Bertz CT molecular complexity index is 1150. The fraction of sp³-hybridized carbons (Fsp3) is 0.524. The number of nitriles is 1. The maximum absolute atomic E-state index is 9.30. The first-order valence-electron chi connectivity index (χ1n) is 10.8. The Morgan fingerprint density at radius 1 is 1.32 bits per heavy atom. The van der Waals surface area contributed by atoms with E-state index in [0.29, 0.717) is 47.0 Å². The Hall–Kier alpha value is -2.74. The zero-order chi connectivity index (χ0) is 21.0. The Morgan fingerprint density at radius 3 is 2.90 bits per heavy atom. The SMILES string of the molecule is N#CCCC12C[C@H]3CC(Nc4nc(Nc5ncc(CO)s5)c5cccn5n4)C[C@@H](C1)N32. The molecule has 3 aliphatic rings. The molecule has 6 rings (SSSR count). The predicted molar refractivity (Wildman–Crippen MR) is 117 cm³/mol. The third-order valence-electron chi connectivity index (χ3n) is 7.04. The second kappa shape index (κ2) is 7.15. The molecule has 3 aromatic rings. The highest BCUT2D eigenvalue weighted by molar-refractivity contribution is 7.15. The molecule has 3 fully saturated rings. The van der Waals surface area contributed by atoms with E-state index in [4.69, 9.17) is 10.2 Å². The molecule has 0 saturated carbocycles. The molecule has 4 atom stereocenters. The summed E-state index contributed by atoms with van der Waals surface area (Å²) < 4.78 is 1.83. The molecule has 10 heteroatoms. The standard InChI is InChI=1S/C21H24N8OS/c22-5-2-4-21-9-14-7-13(8-15(10-21)29(14)21)24-19-25-18(17-3-1-6-28(17)27-19)26-20-23-11-16(12-30)31-20/h1,3,6,11,13-15,30H,2,4,7-10,12H2,(H2,23,24,25,26,27)/t13?,14-,15+,21?. The number of aliphatic hydroxyl groups excluding tert-OH is 1. The van der Waals surface area contributed by atoms with E-state index in [1.54, 1.807) is 6.20 Å². The quantitative estimate of drug-likeness (QED) is 0.518. The van der Waals surface area contributed by atoms with Crippen molar-refractivity contribution in [2.75, 3.05) is 10.6 Å². The molecule has 0 spiro atoms. The Balaban J connectivity index is 1.18. The molecule has 2 unspecified atom stereocenters. The average molecular weight is 437 g/mol. The summed E-state index contributed by atoms with van der Waals surface area (Å²) in [6.45, 7) is -0.0186. The van der Waals surface area contributed by atoms with Gasteiger partial charge in [-0.05, 0) is 44.2 Å². The highest BCUT2D eigenvalue weighted by Crippen LogP contribution is 2.58. The number of nitrogens with one attached hydrogen (secondary N) is 2. The predicted octanol–water partition coefficient (Wildman–Crippen LogP) is 2.89. The third kappa shape index (κ3) is 3.07. The van der Waals surface area contributed by atoms with Crippen molar-refractivity contribution >= 4 is 33.8 Å². The number of aliphatic hydroxyl groups is 1. The topological polar surface area (TPSA) is 114 Å². The summed E-state index contributed by atoms with van der Waals surface area (Å²) in [6, 6.07) is 7.81. The molecule has 0 aromatic carbocycles. The number of rotatable bonds is 7. The number of nitrogens with zero attached hydrogens (tertiary/aromatic N) is 6. The number of anilines is 3. The van der Waals surface area contributed by atoms with Gasteiger partial charge in [-0.1, -0.05) is 11.3 Å². The monoisotopic (exact) mass is 436 g/mol. The minimum atomic E-state index is -0.0186. The van der Waals surface area contributed by atoms with E-state index in [-0.39, 0.29) is 6.61 Å². The van der Waals surface area contributed by atoms with E-state index in [0.717, 1.165) is 29.7 Å². The fourth-order valence-electron chi connectivity index (χ4n) is 5.91. The molecular formula is C21H24N8OS. The van der Waals surface area contributed by atoms with Crippen LogP contribution >= 0.6 is 11.3 Å². The third-order valence-corrected chi connectivity index (χ3v) is 7.94. The van der Waals surface area contributed by atoms with Gasteiger partial charge in [0.15, 0.2) is 10.9 Å². The molecule has 3 saturated heterocycles. The van der Waals surface area contributed by atoms with Crippen molar-refractivity contribution in [3.63, 3.8) is 0 Å². The number of hydrogen-bond acceptors (Lipinski definition) is 9. The van der Waals surface area contributed by atoms with E-state index >= 15 is 0 Å². The number of fused-ring (bicyclic) bond motifs is 1. The first-order chi connectivity index (χ1) is 15.2. The number of aromatic nitrogens is 4. The summed E-state index contributed by atoms with van der Waals surface area (Å²) in [5, 5.41) is 30.5. The summed E-state index contributed by atoms with van der Waals surface area (Å²) in [6.07, 6.45) is 9.88. The number of thiazole rings is 1. The van der Waals surface area contributed by atoms with Gasteiger partial charge >= 0.3 is 0 Å². The van der Waals surface area contributed by atoms with Gasteiger partial charge in [-0.2, -0.15) is 10.2 Å².